The molecule has 1 aromatic rings. The van der Waals surface area contributed by atoms with Crippen molar-refractivity contribution in [1.82, 2.24) is 9.55 Å². The monoisotopic (exact) mass is 208 g/mol. The van der Waals surface area contributed by atoms with E-state index >= 15 is 0 Å². The molecule has 15 heavy (non-hydrogen) atoms. The molecular formula is C11H16N2O2. The summed E-state index contributed by atoms with van der Waals surface area (Å²) in [4.78, 5) is 15.0. The van der Waals surface area contributed by atoms with Gasteiger partial charge in [0, 0.05) is 6.54 Å². The molecule has 1 aromatic heterocycles. The highest BCUT2D eigenvalue weighted by Gasteiger charge is 2.20. The van der Waals surface area contributed by atoms with Crippen LogP contribution in [0.25, 0.3) is 0 Å². The molecule has 0 spiro atoms. The fourth-order valence-corrected chi connectivity index (χ4v) is 2.32. The Morgan fingerprint density at radius 3 is 2.87 bits per heavy atom. The van der Waals surface area contributed by atoms with Crippen LogP contribution in [0.15, 0.2) is 6.20 Å². The molecule has 4 heteroatoms. The number of imidazole rings is 1. The first kappa shape index (κ1) is 10.2. The highest BCUT2D eigenvalue weighted by atomic mass is 16.4. The van der Waals surface area contributed by atoms with Crippen LogP contribution in [0.5, 0.6) is 0 Å². The molecule has 1 heterocycles. The van der Waals surface area contributed by atoms with Gasteiger partial charge in [0.05, 0.1) is 6.20 Å². The lowest BCUT2D eigenvalue weighted by Crippen LogP contribution is -2.14. The zero-order valence-corrected chi connectivity index (χ0v) is 8.94. The van der Waals surface area contributed by atoms with Gasteiger partial charge in [0.2, 0.25) is 0 Å². The van der Waals surface area contributed by atoms with Crippen LogP contribution in [-0.4, -0.2) is 20.6 Å². The predicted molar refractivity (Wildman–Crippen MR) is 55.9 cm³/mol. The first-order valence-corrected chi connectivity index (χ1v) is 5.44. The van der Waals surface area contributed by atoms with E-state index in [-0.39, 0.29) is 0 Å². The lowest BCUT2D eigenvalue weighted by Gasteiger charge is -2.13. The topological polar surface area (TPSA) is 55.1 Å². The van der Waals surface area contributed by atoms with Crippen molar-refractivity contribution in [3.63, 3.8) is 0 Å². The summed E-state index contributed by atoms with van der Waals surface area (Å²) < 4.78 is 1.83. The Morgan fingerprint density at radius 2 is 2.27 bits per heavy atom. The zero-order valence-electron chi connectivity index (χ0n) is 8.94. The average molecular weight is 208 g/mol. The van der Waals surface area contributed by atoms with Crippen molar-refractivity contribution in [3.8, 4) is 0 Å². The molecule has 1 N–H and O–H groups in total. The summed E-state index contributed by atoms with van der Waals surface area (Å²) in [5.74, 6) is 0.559. The first-order chi connectivity index (χ1) is 7.18. The molecule has 1 saturated carbocycles. The molecule has 0 aliphatic heterocycles. The second-order valence-electron chi connectivity index (χ2n) is 4.26. The van der Waals surface area contributed by atoms with Gasteiger partial charge in [0.25, 0.3) is 0 Å². The zero-order chi connectivity index (χ0) is 10.8. The molecule has 82 valence electrons. The Bertz CT molecular complexity index is 365. The predicted octanol–water partition coefficient (Wildman–Crippen LogP) is 2.08. The summed E-state index contributed by atoms with van der Waals surface area (Å²) in [7, 11) is 0. The van der Waals surface area contributed by atoms with Crippen LogP contribution in [0.1, 0.15) is 42.0 Å². The molecule has 2 rings (SSSR count). The van der Waals surface area contributed by atoms with Gasteiger partial charge >= 0.3 is 5.97 Å². The summed E-state index contributed by atoms with van der Waals surface area (Å²) in [5, 5.41) is 8.99. The molecular weight excluding hydrogens is 192 g/mol. The minimum Gasteiger partial charge on any atom is -0.477 e. The Balaban J connectivity index is 2.18. The first-order valence-electron chi connectivity index (χ1n) is 5.44. The van der Waals surface area contributed by atoms with Crippen LogP contribution in [-0.2, 0) is 6.54 Å². The maximum Gasteiger partial charge on any atom is 0.354 e. The molecule has 0 unspecified atom stereocenters. The number of aromatic carboxylic acids is 1. The molecule has 0 aromatic carbocycles. The van der Waals surface area contributed by atoms with Crippen LogP contribution in [0.3, 0.4) is 0 Å². The SMILES string of the molecule is Cc1ncc(C(=O)O)n1CC1CCCC1. The Hall–Kier alpha value is -1.32. The smallest absolute Gasteiger partial charge is 0.354 e. The highest BCUT2D eigenvalue weighted by Crippen LogP contribution is 2.27. The molecule has 1 aliphatic rings. The minimum absolute atomic E-state index is 0.319. The summed E-state index contributed by atoms with van der Waals surface area (Å²) >= 11 is 0. The van der Waals surface area contributed by atoms with Gasteiger partial charge in [-0.3, -0.25) is 0 Å². The van der Waals surface area contributed by atoms with Gasteiger partial charge in [-0.2, -0.15) is 0 Å². The van der Waals surface area contributed by atoms with E-state index < -0.39 is 5.97 Å². The number of rotatable bonds is 3. The molecule has 0 atom stereocenters. The molecule has 0 bridgehead atoms. The number of nitrogens with zero attached hydrogens (tertiary/aromatic N) is 2. The van der Waals surface area contributed by atoms with E-state index in [0.717, 1.165) is 12.4 Å². The number of hydrogen-bond acceptors (Lipinski definition) is 2. The quantitative estimate of drug-likeness (QED) is 0.827. The summed E-state index contributed by atoms with van der Waals surface area (Å²) in [6.45, 7) is 2.68. The van der Waals surface area contributed by atoms with E-state index in [1.165, 1.54) is 31.9 Å². The van der Waals surface area contributed by atoms with E-state index in [2.05, 4.69) is 4.98 Å². The van der Waals surface area contributed by atoms with E-state index in [9.17, 15) is 4.79 Å². The Kier molecular flexibility index (Phi) is 2.75. The van der Waals surface area contributed by atoms with Crippen molar-refractivity contribution in [2.75, 3.05) is 0 Å². The third kappa shape index (κ3) is 2.03. The lowest BCUT2D eigenvalue weighted by atomic mass is 10.1. The standard InChI is InChI=1S/C11H16N2O2/c1-8-12-6-10(11(14)15)13(8)7-9-4-2-3-5-9/h6,9H,2-5,7H2,1H3,(H,14,15). The van der Waals surface area contributed by atoms with Crippen molar-refractivity contribution < 1.29 is 9.90 Å². The van der Waals surface area contributed by atoms with Crippen molar-refractivity contribution in [2.45, 2.75) is 39.2 Å². The van der Waals surface area contributed by atoms with E-state index in [0.29, 0.717) is 11.6 Å². The van der Waals surface area contributed by atoms with Gasteiger partial charge in [0.15, 0.2) is 0 Å². The fraction of sp³-hybridized carbons (Fsp3) is 0.636. The number of aromatic nitrogens is 2. The van der Waals surface area contributed by atoms with Gasteiger partial charge < -0.3 is 9.67 Å². The van der Waals surface area contributed by atoms with E-state index in [1.807, 2.05) is 11.5 Å². The Labute approximate surface area is 88.9 Å². The molecule has 1 aliphatic carbocycles. The fourth-order valence-electron chi connectivity index (χ4n) is 2.32. The van der Waals surface area contributed by atoms with Gasteiger partial charge in [-0.25, -0.2) is 9.78 Å². The molecule has 0 radical (unpaired) electrons. The maximum absolute atomic E-state index is 10.9. The third-order valence-electron chi connectivity index (χ3n) is 3.19. The molecule has 0 saturated heterocycles. The van der Waals surface area contributed by atoms with Crippen LogP contribution < -0.4 is 0 Å². The number of carboxylic acid groups (broad SMARTS) is 1. The average Bonchev–Trinajstić information content (AvgIpc) is 2.78. The molecule has 1 fully saturated rings. The van der Waals surface area contributed by atoms with Crippen LogP contribution in [0.4, 0.5) is 0 Å². The summed E-state index contributed by atoms with van der Waals surface area (Å²) in [5.41, 5.74) is 0.319. The molecule has 4 nitrogen and oxygen atoms in total. The second kappa shape index (κ2) is 4.04. The largest absolute Gasteiger partial charge is 0.477 e. The van der Waals surface area contributed by atoms with Crippen molar-refractivity contribution in [2.24, 2.45) is 5.92 Å². The van der Waals surface area contributed by atoms with Gasteiger partial charge in [-0.15, -0.1) is 0 Å². The summed E-state index contributed by atoms with van der Waals surface area (Å²) in [6, 6.07) is 0. The van der Waals surface area contributed by atoms with E-state index in [4.69, 9.17) is 5.11 Å². The van der Waals surface area contributed by atoms with Gasteiger partial charge in [-0.05, 0) is 25.7 Å². The van der Waals surface area contributed by atoms with Gasteiger partial charge in [0.1, 0.15) is 11.5 Å². The van der Waals surface area contributed by atoms with E-state index in [1.54, 1.807) is 0 Å². The van der Waals surface area contributed by atoms with Crippen LogP contribution in [0, 0.1) is 12.8 Å². The number of carboxylic acids is 1. The Morgan fingerprint density at radius 1 is 1.60 bits per heavy atom. The van der Waals surface area contributed by atoms with Crippen molar-refractivity contribution >= 4 is 5.97 Å². The normalized spacial score (nSPS) is 17.1. The summed E-state index contributed by atoms with van der Waals surface area (Å²) in [6.07, 6.45) is 6.45. The third-order valence-corrected chi connectivity index (χ3v) is 3.19. The minimum atomic E-state index is -0.881. The van der Waals surface area contributed by atoms with Crippen LogP contribution in [0.2, 0.25) is 0 Å². The van der Waals surface area contributed by atoms with Crippen molar-refractivity contribution in [1.29, 1.82) is 0 Å². The van der Waals surface area contributed by atoms with Gasteiger partial charge in [-0.1, -0.05) is 12.8 Å². The molecule has 0 amide bonds. The highest BCUT2D eigenvalue weighted by molar-refractivity contribution is 5.85. The van der Waals surface area contributed by atoms with Crippen molar-refractivity contribution in [3.05, 3.63) is 17.7 Å². The maximum atomic E-state index is 10.9. The number of carbonyl (C=O) groups is 1. The number of hydrogen-bond donors (Lipinski definition) is 1. The lowest BCUT2D eigenvalue weighted by molar-refractivity contribution is 0.0683. The van der Waals surface area contributed by atoms with Crippen LogP contribution >= 0.6 is 0 Å². The number of aryl methyl sites for hydroxylation is 1. The second-order valence-corrected chi connectivity index (χ2v) is 4.26.